The highest BCUT2D eigenvalue weighted by Gasteiger charge is 2.13. The van der Waals surface area contributed by atoms with Gasteiger partial charge in [0.1, 0.15) is 5.75 Å². The highest BCUT2D eigenvalue weighted by Crippen LogP contribution is 2.30. The minimum atomic E-state index is -3.66. The summed E-state index contributed by atoms with van der Waals surface area (Å²) in [5.41, 5.74) is 2.78. The number of ketones is 1. The lowest BCUT2D eigenvalue weighted by Gasteiger charge is -2.08. The molecule has 9 heteroatoms. The van der Waals surface area contributed by atoms with Gasteiger partial charge < -0.3 is 4.18 Å². The topological polar surface area (TPSA) is 99.1 Å². The molecule has 7 nitrogen and oxygen atoms in total. The Hall–Kier alpha value is -2.84. The molecule has 2 aromatic heterocycles. The van der Waals surface area contributed by atoms with Crippen LogP contribution in [0.2, 0.25) is 5.02 Å². The molecule has 0 fully saturated rings. The van der Waals surface area contributed by atoms with Crippen molar-refractivity contribution in [3.63, 3.8) is 0 Å². The van der Waals surface area contributed by atoms with Gasteiger partial charge in [-0.3, -0.25) is 19.7 Å². The maximum atomic E-state index is 12.4. The highest BCUT2D eigenvalue weighted by atomic mass is 35.5. The summed E-state index contributed by atoms with van der Waals surface area (Å²) in [4.78, 5) is 25.0. The Morgan fingerprint density at radius 3 is 2.57 bits per heavy atom. The zero-order valence-corrected chi connectivity index (χ0v) is 16.7. The summed E-state index contributed by atoms with van der Waals surface area (Å²) in [6.07, 6.45) is 7.17. The number of rotatable bonds is 6. The zero-order chi connectivity index (χ0) is 20.3. The van der Waals surface area contributed by atoms with Crippen LogP contribution in [0.25, 0.3) is 11.3 Å². The summed E-state index contributed by atoms with van der Waals surface area (Å²) < 4.78 is 27.5. The molecule has 0 aliphatic heterocycles. The van der Waals surface area contributed by atoms with E-state index in [2.05, 4.69) is 15.0 Å². The van der Waals surface area contributed by atoms with E-state index in [0.29, 0.717) is 27.5 Å². The largest absolute Gasteiger partial charge is 0.383 e. The Bertz CT molecular complexity index is 1130. The number of hydrogen-bond donors (Lipinski definition) is 0. The van der Waals surface area contributed by atoms with E-state index in [9.17, 15) is 13.2 Å². The van der Waals surface area contributed by atoms with Crippen LogP contribution in [0, 0.1) is 6.92 Å². The van der Waals surface area contributed by atoms with Crippen molar-refractivity contribution in [2.45, 2.75) is 13.3 Å². The number of carbonyl (C=O) groups excluding carboxylic acids is 1. The predicted octanol–water partition coefficient (Wildman–Crippen LogP) is 3.26. The first-order valence-corrected chi connectivity index (χ1v) is 10.4. The van der Waals surface area contributed by atoms with E-state index in [1.165, 1.54) is 36.8 Å². The fraction of sp³-hybridized carbons (Fsp3) is 0.158. The molecule has 0 saturated heterocycles. The monoisotopic (exact) mass is 417 g/mol. The fourth-order valence-electron chi connectivity index (χ4n) is 2.53. The van der Waals surface area contributed by atoms with Crippen molar-refractivity contribution in [2.24, 2.45) is 0 Å². The van der Waals surface area contributed by atoms with Crippen LogP contribution in [0.4, 0.5) is 0 Å². The number of hydrogen-bond acceptors (Lipinski definition) is 7. The van der Waals surface area contributed by atoms with Crippen LogP contribution in [-0.2, 0) is 16.5 Å². The fourth-order valence-corrected chi connectivity index (χ4v) is 3.20. The van der Waals surface area contributed by atoms with Crippen molar-refractivity contribution >= 4 is 27.5 Å². The molecule has 0 N–H and O–H groups in total. The Balaban J connectivity index is 1.82. The standard InChI is InChI=1S/C19H16ClN3O4S/c1-12-5-6-21-10-16(12)19(24)7-13-9-23-18(11-22-13)15-8-14(3-4-17(15)20)27-28(2,25)26/h3-6,8-11H,7H2,1-2H3. The van der Waals surface area contributed by atoms with Crippen LogP contribution in [0.15, 0.2) is 49.1 Å². The van der Waals surface area contributed by atoms with E-state index in [1.54, 1.807) is 12.3 Å². The molecule has 0 unspecified atom stereocenters. The van der Waals surface area contributed by atoms with Crippen LogP contribution in [0.5, 0.6) is 5.75 Å². The summed E-state index contributed by atoms with van der Waals surface area (Å²) in [6.45, 7) is 1.84. The summed E-state index contributed by atoms with van der Waals surface area (Å²) in [5.74, 6) is 0.0178. The zero-order valence-electron chi connectivity index (χ0n) is 15.1. The van der Waals surface area contributed by atoms with E-state index in [4.69, 9.17) is 15.8 Å². The van der Waals surface area contributed by atoms with Crippen LogP contribution < -0.4 is 4.18 Å². The second-order valence-corrected chi connectivity index (χ2v) is 8.09. The third kappa shape index (κ3) is 4.90. The number of aryl methyl sites for hydroxylation is 1. The highest BCUT2D eigenvalue weighted by molar-refractivity contribution is 7.86. The van der Waals surface area contributed by atoms with E-state index in [0.717, 1.165) is 11.8 Å². The third-order valence-corrected chi connectivity index (χ3v) is 4.67. The van der Waals surface area contributed by atoms with Gasteiger partial charge in [0.2, 0.25) is 0 Å². The van der Waals surface area contributed by atoms with Gasteiger partial charge in [0.15, 0.2) is 5.78 Å². The minimum absolute atomic E-state index is 0.0881. The number of benzene rings is 1. The molecule has 2 heterocycles. The lowest BCUT2D eigenvalue weighted by Crippen LogP contribution is -2.08. The van der Waals surface area contributed by atoms with E-state index < -0.39 is 10.1 Å². The van der Waals surface area contributed by atoms with Gasteiger partial charge in [-0.05, 0) is 36.8 Å². The number of pyridine rings is 1. The molecule has 0 spiro atoms. The minimum Gasteiger partial charge on any atom is -0.383 e. The van der Waals surface area contributed by atoms with Gasteiger partial charge in [-0.25, -0.2) is 0 Å². The quantitative estimate of drug-likeness (QED) is 0.448. The van der Waals surface area contributed by atoms with Gasteiger partial charge in [-0.1, -0.05) is 11.6 Å². The first kappa shape index (κ1) is 19.9. The maximum absolute atomic E-state index is 12.4. The van der Waals surface area contributed by atoms with Gasteiger partial charge in [-0.15, -0.1) is 0 Å². The molecule has 0 aliphatic carbocycles. The molecule has 144 valence electrons. The molecule has 0 bridgehead atoms. The average molecular weight is 418 g/mol. The molecule has 3 rings (SSSR count). The van der Waals surface area contributed by atoms with Crippen LogP contribution >= 0.6 is 11.6 Å². The van der Waals surface area contributed by atoms with Gasteiger partial charge in [0.05, 0.1) is 35.3 Å². The normalized spacial score (nSPS) is 11.2. The predicted molar refractivity (Wildman–Crippen MR) is 105 cm³/mol. The molecule has 3 aromatic rings. The Morgan fingerprint density at radius 2 is 1.93 bits per heavy atom. The van der Waals surface area contributed by atoms with Gasteiger partial charge >= 0.3 is 10.1 Å². The second kappa shape index (κ2) is 8.04. The van der Waals surface area contributed by atoms with Crippen molar-refractivity contribution in [3.8, 4) is 17.0 Å². The van der Waals surface area contributed by atoms with Gasteiger partial charge in [0, 0.05) is 29.7 Å². The number of carbonyl (C=O) groups is 1. The summed E-state index contributed by atoms with van der Waals surface area (Å²) >= 11 is 6.19. The van der Waals surface area contributed by atoms with E-state index >= 15 is 0 Å². The Morgan fingerprint density at radius 1 is 1.14 bits per heavy atom. The molecule has 0 aliphatic rings. The lowest BCUT2D eigenvalue weighted by atomic mass is 10.0. The molecule has 0 amide bonds. The molecule has 0 saturated carbocycles. The van der Waals surface area contributed by atoms with Crippen molar-refractivity contribution in [1.82, 2.24) is 15.0 Å². The number of aromatic nitrogens is 3. The number of halogens is 1. The van der Waals surface area contributed by atoms with Crippen LogP contribution in [0.3, 0.4) is 0 Å². The summed E-state index contributed by atoms with van der Waals surface area (Å²) in [5, 5.41) is 0.366. The summed E-state index contributed by atoms with van der Waals surface area (Å²) in [7, 11) is -3.66. The van der Waals surface area contributed by atoms with Gasteiger partial charge in [0.25, 0.3) is 0 Å². The lowest BCUT2D eigenvalue weighted by molar-refractivity contribution is 0.0991. The molecular weight excluding hydrogens is 402 g/mol. The van der Waals surface area contributed by atoms with E-state index in [-0.39, 0.29) is 18.0 Å². The molecule has 1 aromatic carbocycles. The third-order valence-electron chi connectivity index (χ3n) is 3.85. The molecule has 0 atom stereocenters. The Labute approximate surface area is 167 Å². The molecular formula is C19H16ClN3O4S. The maximum Gasteiger partial charge on any atom is 0.306 e. The van der Waals surface area contributed by atoms with Crippen molar-refractivity contribution in [3.05, 3.63) is 70.9 Å². The average Bonchev–Trinajstić information content (AvgIpc) is 2.63. The smallest absolute Gasteiger partial charge is 0.306 e. The van der Waals surface area contributed by atoms with Crippen LogP contribution in [-0.4, -0.2) is 35.4 Å². The van der Waals surface area contributed by atoms with E-state index in [1.807, 2.05) is 6.92 Å². The Kier molecular flexibility index (Phi) is 5.71. The summed E-state index contributed by atoms with van der Waals surface area (Å²) in [6, 6.07) is 6.21. The molecule has 0 radical (unpaired) electrons. The van der Waals surface area contributed by atoms with Gasteiger partial charge in [-0.2, -0.15) is 8.42 Å². The first-order chi connectivity index (χ1) is 13.2. The van der Waals surface area contributed by atoms with Crippen molar-refractivity contribution in [1.29, 1.82) is 0 Å². The molecule has 28 heavy (non-hydrogen) atoms. The van der Waals surface area contributed by atoms with Crippen LogP contribution in [0.1, 0.15) is 21.6 Å². The number of Topliss-reactive ketones (excluding diaryl/α,β-unsaturated/α-hetero) is 1. The SMILES string of the molecule is Cc1ccncc1C(=O)Cc1cnc(-c2cc(OS(C)(=O)=O)ccc2Cl)cn1. The second-order valence-electron chi connectivity index (χ2n) is 6.11. The van der Waals surface area contributed by atoms with Crippen molar-refractivity contribution < 1.29 is 17.4 Å². The van der Waals surface area contributed by atoms with Crippen molar-refractivity contribution in [2.75, 3.05) is 6.26 Å². The first-order valence-electron chi connectivity index (χ1n) is 8.17. The number of nitrogens with zero attached hydrogens (tertiary/aromatic N) is 3.